The van der Waals surface area contributed by atoms with Gasteiger partial charge in [-0.05, 0) is 42.8 Å². The summed E-state index contributed by atoms with van der Waals surface area (Å²) in [6.07, 6.45) is 0. The van der Waals surface area contributed by atoms with E-state index in [9.17, 15) is 4.79 Å². The number of benzene rings is 2. The Morgan fingerprint density at radius 1 is 1.21 bits per heavy atom. The number of hydrogen-bond acceptors (Lipinski definition) is 2. The fourth-order valence-electron chi connectivity index (χ4n) is 1.62. The predicted molar refractivity (Wildman–Crippen MR) is 85.2 cm³/mol. The fraction of sp³-hybridized carbons (Fsp3) is 0.133. The standard InChI is InChI=1S/C15H12BrClOS/c1-10(18)14-7-6-13(8-15(14)16)19-9-11-2-4-12(17)5-3-11/h2-8H,9H2,1H3. The molecular formula is C15H12BrClOS. The zero-order valence-corrected chi connectivity index (χ0v) is 13.5. The SMILES string of the molecule is CC(=O)c1ccc(SCc2ccc(Cl)cc2)cc1Br. The smallest absolute Gasteiger partial charge is 0.160 e. The first-order valence-electron chi connectivity index (χ1n) is 5.74. The fourth-order valence-corrected chi connectivity index (χ4v) is 3.45. The Morgan fingerprint density at radius 2 is 1.89 bits per heavy atom. The highest BCUT2D eigenvalue weighted by molar-refractivity contribution is 9.10. The molecule has 0 aliphatic heterocycles. The van der Waals surface area contributed by atoms with Crippen molar-refractivity contribution < 1.29 is 4.79 Å². The Morgan fingerprint density at radius 3 is 2.47 bits per heavy atom. The van der Waals surface area contributed by atoms with Crippen LogP contribution in [-0.2, 0) is 5.75 Å². The molecule has 19 heavy (non-hydrogen) atoms. The van der Waals surface area contributed by atoms with Gasteiger partial charge in [-0.3, -0.25) is 4.79 Å². The minimum absolute atomic E-state index is 0.0705. The Bertz CT molecular complexity index is 596. The molecule has 0 saturated heterocycles. The number of halogens is 2. The second-order valence-corrected chi connectivity index (χ2v) is 6.45. The molecule has 0 aliphatic rings. The van der Waals surface area contributed by atoms with Gasteiger partial charge < -0.3 is 0 Å². The van der Waals surface area contributed by atoms with Gasteiger partial charge in [-0.2, -0.15) is 0 Å². The summed E-state index contributed by atoms with van der Waals surface area (Å²) < 4.78 is 0.848. The predicted octanol–water partition coefficient (Wildman–Crippen LogP) is 5.60. The molecule has 98 valence electrons. The molecule has 0 N–H and O–H groups in total. The van der Waals surface area contributed by atoms with E-state index in [2.05, 4.69) is 15.9 Å². The van der Waals surface area contributed by atoms with E-state index < -0.39 is 0 Å². The Balaban J connectivity index is 2.06. The third kappa shape index (κ3) is 4.10. The molecule has 1 nitrogen and oxygen atoms in total. The zero-order valence-electron chi connectivity index (χ0n) is 10.3. The summed E-state index contributed by atoms with van der Waals surface area (Å²) in [4.78, 5) is 12.5. The number of rotatable bonds is 4. The van der Waals surface area contributed by atoms with Crippen LogP contribution in [0.5, 0.6) is 0 Å². The van der Waals surface area contributed by atoms with Crippen molar-refractivity contribution in [3.63, 3.8) is 0 Å². The van der Waals surface area contributed by atoms with Crippen molar-refractivity contribution in [1.82, 2.24) is 0 Å². The van der Waals surface area contributed by atoms with Gasteiger partial charge in [0.05, 0.1) is 0 Å². The normalized spacial score (nSPS) is 10.5. The number of carbonyl (C=O) groups is 1. The first-order valence-corrected chi connectivity index (χ1v) is 7.89. The van der Waals surface area contributed by atoms with E-state index in [0.717, 1.165) is 25.7 Å². The first kappa shape index (κ1) is 14.6. The van der Waals surface area contributed by atoms with Crippen LogP contribution in [0.2, 0.25) is 5.02 Å². The molecule has 0 heterocycles. The Hall–Kier alpha value is -0.770. The van der Waals surface area contributed by atoms with Crippen molar-refractivity contribution in [1.29, 1.82) is 0 Å². The van der Waals surface area contributed by atoms with Gasteiger partial charge in [0.1, 0.15) is 0 Å². The van der Waals surface area contributed by atoms with Gasteiger partial charge in [-0.15, -0.1) is 11.8 Å². The molecule has 0 aliphatic carbocycles. The molecule has 0 bridgehead atoms. The molecule has 0 amide bonds. The van der Waals surface area contributed by atoms with Gasteiger partial charge in [0, 0.05) is 25.7 Å². The maximum absolute atomic E-state index is 11.3. The lowest BCUT2D eigenvalue weighted by Crippen LogP contribution is -1.93. The molecule has 0 atom stereocenters. The van der Waals surface area contributed by atoms with Crippen LogP contribution in [-0.4, -0.2) is 5.78 Å². The van der Waals surface area contributed by atoms with Crippen LogP contribution in [0.25, 0.3) is 0 Å². The second-order valence-electron chi connectivity index (χ2n) is 4.11. The molecule has 0 radical (unpaired) electrons. The van der Waals surface area contributed by atoms with Gasteiger partial charge in [0.15, 0.2) is 5.78 Å². The molecular weight excluding hydrogens is 344 g/mol. The maximum Gasteiger partial charge on any atom is 0.160 e. The maximum atomic E-state index is 11.3. The van der Waals surface area contributed by atoms with Crippen LogP contribution in [0.1, 0.15) is 22.8 Å². The molecule has 2 aromatic carbocycles. The molecule has 0 aromatic heterocycles. The summed E-state index contributed by atoms with van der Waals surface area (Å²) in [5.74, 6) is 0.948. The zero-order chi connectivity index (χ0) is 13.8. The van der Waals surface area contributed by atoms with Crippen molar-refractivity contribution in [2.75, 3.05) is 0 Å². The first-order chi connectivity index (χ1) is 9.06. The highest BCUT2D eigenvalue weighted by atomic mass is 79.9. The molecule has 0 spiro atoms. The quantitative estimate of drug-likeness (QED) is 0.524. The third-order valence-electron chi connectivity index (χ3n) is 2.64. The van der Waals surface area contributed by atoms with Crippen LogP contribution in [0.3, 0.4) is 0 Å². The molecule has 2 rings (SSSR count). The summed E-state index contributed by atoms with van der Waals surface area (Å²) >= 11 is 11.0. The van der Waals surface area contributed by atoms with Crippen LogP contribution < -0.4 is 0 Å². The average Bonchev–Trinajstić information content (AvgIpc) is 2.37. The summed E-state index contributed by atoms with van der Waals surface area (Å²) in [5, 5.41) is 0.752. The lowest BCUT2D eigenvalue weighted by molar-refractivity contribution is 0.101. The van der Waals surface area contributed by atoms with Crippen molar-refractivity contribution >= 4 is 45.1 Å². The second kappa shape index (κ2) is 6.60. The van der Waals surface area contributed by atoms with Crippen LogP contribution in [0.15, 0.2) is 51.8 Å². The van der Waals surface area contributed by atoms with Crippen LogP contribution >= 0.6 is 39.3 Å². The Kier molecular flexibility index (Phi) is 5.08. The number of ketones is 1. The third-order valence-corrected chi connectivity index (χ3v) is 4.61. The summed E-state index contributed by atoms with van der Waals surface area (Å²) in [6.45, 7) is 1.57. The number of Topliss-reactive ketones (excluding diaryl/α,β-unsaturated/α-hetero) is 1. The van der Waals surface area contributed by atoms with E-state index >= 15 is 0 Å². The minimum Gasteiger partial charge on any atom is -0.294 e. The highest BCUT2D eigenvalue weighted by Crippen LogP contribution is 2.28. The van der Waals surface area contributed by atoms with Crippen molar-refractivity contribution in [2.24, 2.45) is 0 Å². The van der Waals surface area contributed by atoms with Gasteiger partial charge >= 0.3 is 0 Å². The lowest BCUT2D eigenvalue weighted by atomic mass is 10.2. The van der Waals surface area contributed by atoms with Crippen LogP contribution in [0, 0.1) is 0 Å². The highest BCUT2D eigenvalue weighted by Gasteiger charge is 2.06. The van der Waals surface area contributed by atoms with Gasteiger partial charge in [-0.25, -0.2) is 0 Å². The van der Waals surface area contributed by atoms with E-state index in [1.807, 2.05) is 42.5 Å². The topological polar surface area (TPSA) is 17.1 Å². The average molecular weight is 356 g/mol. The van der Waals surface area contributed by atoms with E-state index in [-0.39, 0.29) is 5.78 Å². The minimum atomic E-state index is 0.0705. The summed E-state index contributed by atoms with van der Waals surface area (Å²) in [5.41, 5.74) is 1.94. The van der Waals surface area contributed by atoms with Crippen molar-refractivity contribution in [3.8, 4) is 0 Å². The van der Waals surface area contributed by atoms with Crippen LogP contribution in [0.4, 0.5) is 0 Å². The molecule has 2 aromatic rings. The van der Waals surface area contributed by atoms with Gasteiger partial charge in [0.2, 0.25) is 0 Å². The molecule has 4 heteroatoms. The Labute approximate surface area is 130 Å². The van der Waals surface area contributed by atoms with E-state index in [1.54, 1.807) is 18.7 Å². The number of carbonyl (C=O) groups excluding carboxylic acids is 1. The monoisotopic (exact) mass is 354 g/mol. The summed E-state index contributed by atoms with van der Waals surface area (Å²) in [6, 6.07) is 13.6. The number of thioether (sulfide) groups is 1. The summed E-state index contributed by atoms with van der Waals surface area (Å²) in [7, 11) is 0. The van der Waals surface area contributed by atoms with Crippen molar-refractivity contribution in [3.05, 3.63) is 63.1 Å². The van der Waals surface area contributed by atoms with E-state index in [1.165, 1.54) is 5.56 Å². The van der Waals surface area contributed by atoms with Gasteiger partial charge in [0.25, 0.3) is 0 Å². The van der Waals surface area contributed by atoms with Gasteiger partial charge in [-0.1, -0.05) is 39.7 Å². The van der Waals surface area contributed by atoms with Crippen molar-refractivity contribution in [2.45, 2.75) is 17.6 Å². The molecule has 0 unspecified atom stereocenters. The molecule has 0 saturated carbocycles. The largest absolute Gasteiger partial charge is 0.294 e. The van der Waals surface area contributed by atoms with E-state index in [4.69, 9.17) is 11.6 Å². The lowest BCUT2D eigenvalue weighted by Gasteiger charge is -2.05. The molecule has 0 fully saturated rings. The number of hydrogen-bond donors (Lipinski definition) is 0. The van der Waals surface area contributed by atoms with E-state index in [0.29, 0.717) is 0 Å².